The lowest BCUT2D eigenvalue weighted by atomic mass is 10.2. The fraction of sp³-hybridized carbons (Fsp3) is 0.867. The van der Waals surface area contributed by atoms with Crippen LogP contribution in [0, 0.1) is 0 Å². The Kier molecular flexibility index (Phi) is 12.3. The first-order valence-corrected chi connectivity index (χ1v) is 7.94. The molecule has 0 spiro atoms. The SMILES string of the molecule is CC(C)(C)OC(=O)NCCOCCCC(=O)NCCOCCN. The van der Waals surface area contributed by atoms with Gasteiger partial charge in [-0.3, -0.25) is 4.79 Å². The standard InChI is InChI=1S/C15H31N3O5/c1-15(2,3)23-14(20)18-8-12-21-9-4-5-13(19)17-7-11-22-10-6-16/h4-12,16H2,1-3H3,(H,17,19)(H,18,20). The molecule has 0 radical (unpaired) electrons. The maximum absolute atomic E-state index is 11.5. The number of carbonyl (C=O) groups is 2. The molecule has 0 aromatic heterocycles. The Hall–Kier alpha value is -1.38. The second-order valence-electron chi connectivity index (χ2n) is 5.90. The molecule has 0 aliphatic rings. The van der Waals surface area contributed by atoms with Crippen LogP contribution in [0.4, 0.5) is 4.79 Å². The molecule has 0 rings (SSSR count). The lowest BCUT2D eigenvalue weighted by Crippen LogP contribution is -2.34. The second kappa shape index (κ2) is 13.1. The van der Waals surface area contributed by atoms with Crippen LogP contribution >= 0.6 is 0 Å². The van der Waals surface area contributed by atoms with Gasteiger partial charge in [0.25, 0.3) is 0 Å². The van der Waals surface area contributed by atoms with Crippen molar-refractivity contribution in [3.8, 4) is 0 Å². The topological polar surface area (TPSA) is 112 Å². The summed E-state index contributed by atoms with van der Waals surface area (Å²) >= 11 is 0. The summed E-state index contributed by atoms with van der Waals surface area (Å²) in [5.41, 5.74) is 4.77. The van der Waals surface area contributed by atoms with E-state index in [4.69, 9.17) is 19.9 Å². The summed E-state index contributed by atoms with van der Waals surface area (Å²) in [4.78, 5) is 22.8. The van der Waals surface area contributed by atoms with Crippen LogP contribution < -0.4 is 16.4 Å². The van der Waals surface area contributed by atoms with E-state index in [0.717, 1.165) is 0 Å². The second-order valence-corrected chi connectivity index (χ2v) is 5.90. The van der Waals surface area contributed by atoms with E-state index in [1.165, 1.54) is 0 Å². The highest BCUT2D eigenvalue weighted by molar-refractivity contribution is 5.75. The molecule has 0 unspecified atom stereocenters. The van der Waals surface area contributed by atoms with E-state index in [0.29, 0.717) is 58.9 Å². The van der Waals surface area contributed by atoms with Crippen molar-refractivity contribution in [1.29, 1.82) is 0 Å². The molecule has 0 saturated heterocycles. The first kappa shape index (κ1) is 21.6. The fourth-order valence-electron chi connectivity index (χ4n) is 1.51. The monoisotopic (exact) mass is 333 g/mol. The van der Waals surface area contributed by atoms with E-state index in [-0.39, 0.29) is 5.91 Å². The van der Waals surface area contributed by atoms with Crippen molar-refractivity contribution in [2.45, 2.75) is 39.2 Å². The van der Waals surface area contributed by atoms with Gasteiger partial charge in [-0.25, -0.2) is 4.79 Å². The van der Waals surface area contributed by atoms with Gasteiger partial charge in [-0.2, -0.15) is 0 Å². The Morgan fingerprint density at radius 1 is 0.957 bits per heavy atom. The molecule has 0 saturated carbocycles. The molecule has 0 aliphatic carbocycles. The van der Waals surface area contributed by atoms with Crippen molar-refractivity contribution in [3.05, 3.63) is 0 Å². The minimum Gasteiger partial charge on any atom is -0.444 e. The number of hydrogen-bond acceptors (Lipinski definition) is 6. The number of hydrogen-bond donors (Lipinski definition) is 3. The summed E-state index contributed by atoms with van der Waals surface area (Å²) in [6.07, 6.45) is 0.565. The van der Waals surface area contributed by atoms with Crippen molar-refractivity contribution >= 4 is 12.0 Å². The van der Waals surface area contributed by atoms with Gasteiger partial charge in [-0.15, -0.1) is 0 Å². The van der Waals surface area contributed by atoms with Gasteiger partial charge in [0, 0.05) is 32.7 Å². The van der Waals surface area contributed by atoms with E-state index in [1.807, 2.05) is 0 Å². The number of rotatable bonds is 12. The Bertz CT molecular complexity index is 332. The van der Waals surface area contributed by atoms with E-state index in [2.05, 4.69) is 10.6 Å². The number of carbonyl (C=O) groups excluding carboxylic acids is 2. The highest BCUT2D eigenvalue weighted by atomic mass is 16.6. The zero-order valence-electron chi connectivity index (χ0n) is 14.5. The molecule has 136 valence electrons. The average molecular weight is 333 g/mol. The maximum atomic E-state index is 11.5. The van der Waals surface area contributed by atoms with Crippen LogP contribution in [0.15, 0.2) is 0 Å². The largest absolute Gasteiger partial charge is 0.444 e. The first-order chi connectivity index (χ1) is 10.8. The number of ether oxygens (including phenoxy) is 3. The Labute approximate surface area is 138 Å². The molecule has 0 fully saturated rings. The van der Waals surface area contributed by atoms with Gasteiger partial charge in [-0.1, -0.05) is 0 Å². The molecule has 4 N–H and O–H groups in total. The minimum atomic E-state index is -0.506. The van der Waals surface area contributed by atoms with Gasteiger partial charge in [0.1, 0.15) is 5.60 Å². The van der Waals surface area contributed by atoms with Crippen molar-refractivity contribution < 1.29 is 23.8 Å². The predicted molar refractivity (Wildman–Crippen MR) is 87.2 cm³/mol. The third-order valence-corrected chi connectivity index (χ3v) is 2.44. The van der Waals surface area contributed by atoms with Gasteiger partial charge in [0.05, 0.1) is 19.8 Å². The van der Waals surface area contributed by atoms with E-state index < -0.39 is 11.7 Å². The number of amides is 2. The molecular formula is C15H31N3O5. The molecule has 2 amide bonds. The average Bonchev–Trinajstić information content (AvgIpc) is 2.44. The van der Waals surface area contributed by atoms with Crippen LogP contribution in [0.2, 0.25) is 0 Å². The maximum Gasteiger partial charge on any atom is 0.407 e. The number of alkyl carbamates (subject to hydrolysis) is 1. The van der Waals surface area contributed by atoms with Crippen molar-refractivity contribution in [2.75, 3.05) is 46.1 Å². The molecule has 0 heterocycles. The van der Waals surface area contributed by atoms with Gasteiger partial charge in [-0.05, 0) is 27.2 Å². The molecule has 23 heavy (non-hydrogen) atoms. The Morgan fingerprint density at radius 2 is 1.57 bits per heavy atom. The molecule has 0 aliphatic heterocycles. The highest BCUT2D eigenvalue weighted by Gasteiger charge is 2.15. The third kappa shape index (κ3) is 16.8. The van der Waals surface area contributed by atoms with Crippen LogP contribution in [-0.2, 0) is 19.0 Å². The lowest BCUT2D eigenvalue weighted by molar-refractivity contribution is -0.121. The predicted octanol–water partition coefficient (Wildman–Crippen LogP) is 0.399. The zero-order chi connectivity index (χ0) is 17.6. The van der Waals surface area contributed by atoms with Gasteiger partial charge in [0.2, 0.25) is 5.91 Å². The highest BCUT2D eigenvalue weighted by Crippen LogP contribution is 2.06. The van der Waals surface area contributed by atoms with E-state index in [9.17, 15) is 9.59 Å². The minimum absolute atomic E-state index is 0.0307. The van der Waals surface area contributed by atoms with E-state index in [1.54, 1.807) is 20.8 Å². The fourth-order valence-corrected chi connectivity index (χ4v) is 1.51. The molecule has 0 aromatic rings. The smallest absolute Gasteiger partial charge is 0.407 e. The molecule has 0 bridgehead atoms. The van der Waals surface area contributed by atoms with Crippen LogP contribution in [0.1, 0.15) is 33.6 Å². The Balaban J connectivity index is 3.35. The van der Waals surface area contributed by atoms with Crippen molar-refractivity contribution in [3.63, 3.8) is 0 Å². The van der Waals surface area contributed by atoms with Gasteiger partial charge in [0.15, 0.2) is 0 Å². The molecule has 8 nitrogen and oxygen atoms in total. The summed E-state index contributed by atoms with van der Waals surface area (Å²) in [6, 6.07) is 0. The van der Waals surface area contributed by atoms with Crippen LogP contribution in [0.5, 0.6) is 0 Å². The molecular weight excluding hydrogens is 302 g/mol. The normalized spacial score (nSPS) is 11.1. The van der Waals surface area contributed by atoms with Crippen LogP contribution in [-0.4, -0.2) is 63.7 Å². The van der Waals surface area contributed by atoms with Gasteiger partial charge < -0.3 is 30.6 Å². The van der Waals surface area contributed by atoms with Crippen LogP contribution in [0.3, 0.4) is 0 Å². The molecule has 0 atom stereocenters. The number of nitrogens with one attached hydrogen (secondary N) is 2. The quantitative estimate of drug-likeness (QED) is 0.446. The first-order valence-electron chi connectivity index (χ1n) is 7.94. The molecule has 8 heteroatoms. The van der Waals surface area contributed by atoms with Crippen molar-refractivity contribution in [2.24, 2.45) is 5.73 Å². The summed E-state index contributed by atoms with van der Waals surface area (Å²) in [7, 11) is 0. The summed E-state index contributed by atoms with van der Waals surface area (Å²) in [6.45, 7) is 8.57. The summed E-state index contributed by atoms with van der Waals surface area (Å²) in [5.74, 6) is -0.0307. The third-order valence-electron chi connectivity index (χ3n) is 2.44. The number of nitrogens with two attached hydrogens (primary N) is 1. The zero-order valence-corrected chi connectivity index (χ0v) is 14.5. The van der Waals surface area contributed by atoms with E-state index >= 15 is 0 Å². The van der Waals surface area contributed by atoms with Crippen LogP contribution in [0.25, 0.3) is 0 Å². The molecule has 0 aromatic carbocycles. The Morgan fingerprint density at radius 3 is 2.17 bits per heavy atom. The lowest BCUT2D eigenvalue weighted by Gasteiger charge is -2.19. The summed E-state index contributed by atoms with van der Waals surface area (Å²) in [5, 5.41) is 5.34. The van der Waals surface area contributed by atoms with Gasteiger partial charge >= 0.3 is 6.09 Å². The summed E-state index contributed by atoms with van der Waals surface area (Å²) < 4.78 is 15.6. The van der Waals surface area contributed by atoms with Crippen molar-refractivity contribution in [1.82, 2.24) is 10.6 Å².